The summed E-state index contributed by atoms with van der Waals surface area (Å²) < 4.78 is 2.45. The van der Waals surface area contributed by atoms with Crippen molar-refractivity contribution in [3.63, 3.8) is 0 Å². The number of nitrogens with zero attached hydrogens (tertiary/aromatic N) is 1. The second kappa shape index (κ2) is 5.06. The maximum atomic E-state index is 3.26. The fourth-order valence-electron chi connectivity index (χ4n) is 2.92. The Morgan fingerprint density at radius 3 is 2.00 bits per heavy atom. The molecule has 1 N–H and O–H groups in total. The van der Waals surface area contributed by atoms with Gasteiger partial charge in [0.25, 0.3) is 0 Å². The van der Waals surface area contributed by atoms with Crippen LogP contribution in [0.2, 0.25) is 0 Å². The third kappa shape index (κ3) is 2.13. The lowest BCUT2D eigenvalue weighted by atomic mass is 10.2. The molecule has 1 aromatic heterocycles. The van der Waals surface area contributed by atoms with Gasteiger partial charge in [-0.05, 0) is 31.6 Å². The summed E-state index contributed by atoms with van der Waals surface area (Å²) >= 11 is 0. The van der Waals surface area contributed by atoms with Crippen LogP contribution in [0.15, 0.2) is 48.5 Å². The molecule has 0 spiro atoms. The van der Waals surface area contributed by atoms with Gasteiger partial charge in [-0.15, -0.1) is 0 Å². The van der Waals surface area contributed by atoms with E-state index in [1.54, 1.807) is 0 Å². The number of hydrogen-bond acceptors (Lipinski definition) is 1. The van der Waals surface area contributed by atoms with E-state index in [2.05, 4.69) is 65.3 Å². The molecule has 1 unspecified atom stereocenters. The van der Waals surface area contributed by atoms with Crippen LogP contribution in [0.4, 0.5) is 0 Å². The second-order valence-electron chi connectivity index (χ2n) is 5.31. The maximum absolute atomic E-state index is 3.26. The van der Waals surface area contributed by atoms with Gasteiger partial charge in [0.15, 0.2) is 0 Å². The summed E-state index contributed by atoms with van der Waals surface area (Å²) in [7, 11) is 2.02. The third-order valence-corrected chi connectivity index (χ3v) is 3.73. The molecular formula is C17H20N2. The number of hydrogen-bond donors (Lipinski definition) is 1. The Bertz CT molecular complexity index is 643. The first-order valence-corrected chi connectivity index (χ1v) is 6.92. The van der Waals surface area contributed by atoms with Gasteiger partial charge in [0.05, 0.1) is 0 Å². The van der Waals surface area contributed by atoms with Crippen LogP contribution in [0.25, 0.3) is 21.8 Å². The largest absolute Gasteiger partial charge is 0.340 e. The fourth-order valence-corrected chi connectivity index (χ4v) is 2.92. The Balaban J connectivity index is 2.19. The van der Waals surface area contributed by atoms with Crippen LogP contribution >= 0.6 is 0 Å². The van der Waals surface area contributed by atoms with E-state index in [9.17, 15) is 0 Å². The van der Waals surface area contributed by atoms with Crippen molar-refractivity contribution < 1.29 is 0 Å². The van der Waals surface area contributed by atoms with Crippen molar-refractivity contribution in [3.8, 4) is 0 Å². The molecule has 1 atom stereocenters. The lowest BCUT2D eigenvalue weighted by molar-refractivity contribution is 0.477. The molecule has 0 saturated heterocycles. The van der Waals surface area contributed by atoms with Crippen molar-refractivity contribution in [1.29, 1.82) is 0 Å². The molecule has 0 aliphatic rings. The number of fused-ring (bicyclic) bond motifs is 3. The molecule has 19 heavy (non-hydrogen) atoms. The molecule has 2 aromatic carbocycles. The predicted molar refractivity (Wildman–Crippen MR) is 82.5 cm³/mol. The molecule has 0 aliphatic heterocycles. The van der Waals surface area contributed by atoms with Gasteiger partial charge in [-0.3, -0.25) is 0 Å². The van der Waals surface area contributed by atoms with Crippen molar-refractivity contribution in [1.82, 2.24) is 9.88 Å². The Labute approximate surface area is 114 Å². The van der Waals surface area contributed by atoms with Crippen LogP contribution in [-0.4, -0.2) is 18.2 Å². The molecule has 3 aromatic rings. The van der Waals surface area contributed by atoms with Crippen LogP contribution < -0.4 is 5.32 Å². The normalized spacial score (nSPS) is 13.2. The predicted octanol–water partition coefficient (Wildman–Crippen LogP) is 3.65. The van der Waals surface area contributed by atoms with Crippen molar-refractivity contribution in [2.24, 2.45) is 5.92 Å². The third-order valence-electron chi connectivity index (χ3n) is 3.73. The second-order valence-corrected chi connectivity index (χ2v) is 5.31. The summed E-state index contributed by atoms with van der Waals surface area (Å²) in [6.45, 7) is 4.38. The van der Waals surface area contributed by atoms with Gasteiger partial charge in [-0.25, -0.2) is 0 Å². The van der Waals surface area contributed by atoms with E-state index in [0.29, 0.717) is 5.92 Å². The van der Waals surface area contributed by atoms with Gasteiger partial charge < -0.3 is 9.88 Å². The highest BCUT2D eigenvalue weighted by molar-refractivity contribution is 6.07. The van der Waals surface area contributed by atoms with E-state index in [-0.39, 0.29) is 0 Å². The highest BCUT2D eigenvalue weighted by Gasteiger charge is 2.11. The highest BCUT2D eigenvalue weighted by atomic mass is 15.0. The molecule has 98 valence electrons. The summed E-state index contributed by atoms with van der Waals surface area (Å²) in [4.78, 5) is 0. The van der Waals surface area contributed by atoms with Gasteiger partial charge >= 0.3 is 0 Å². The van der Waals surface area contributed by atoms with E-state index in [0.717, 1.165) is 13.1 Å². The lowest BCUT2D eigenvalue weighted by Crippen LogP contribution is -2.20. The van der Waals surface area contributed by atoms with E-state index >= 15 is 0 Å². The lowest BCUT2D eigenvalue weighted by Gasteiger charge is -2.14. The van der Waals surface area contributed by atoms with Crippen molar-refractivity contribution in [3.05, 3.63) is 48.5 Å². The first-order valence-electron chi connectivity index (χ1n) is 6.92. The smallest absolute Gasteiger partial charge is 0.0491 e. The van der Waals surface area contributed by atoms with Crippen molar-refractivity contribution >= 4 is 21.8 Å². The number of benzene rings is 2. The number of aromatic nitrogens is 1. The molecule has 0 bridgehead atoms. The fraction of sp³-hybridized carbons (Fsp3) is 0.294. The topological polar surface area (TPSA) is 17.0 Å². The molecule has 0 fully saturated rings. The summed E-state index contributed by atoms with van der Waals surface area (Å²) in [5.41, 5.74) is 2.68. The standard InChI is InChI=1S/C17H20N2/c1-13(11-18-2)12-19-16-9-5-3-7-14(16)15-8-4-6-10-17(15)19/h3-10,13,18H,11-12H2,1-2H3. The molecule has 0 aliphatic carbocycles. The Hall–Kier alpha value is -1.80. The Morgan fingerprint density at radius 1 is 0.947 bits per heavy atom. The molecule has 2 nitrogen and oxygen atoms in total. The number of rotatable bonds is 4. The first kappa shape index (κ1) is 12.2. The van der Waals surface area contributed by atoms with Gasteiger partial charge in [0, 0.05) is 28.4 Å². The summed E-state index contributed by atoms with van der Waals surface area (Å²) in [5.74, 6) is 0.615. The minimum atomic E-state index is 0.615. The minimum Gasteiger partial charge on any atom is -0.340 e. The zero-order valence-electron chi connectivity index (χ0n) is 11.6. The average molecular weight is 252 g/mol. The molecular weight excluding hydrogens is 232 g/mol. The summed E-state index contributed by atoms with van der Waals surface area (Å²) in [5, 5.41) is 5.98. The molecule has 1 heterocycles. The molecule has 3 rings (SSSR count). The van der Waals surface area contributed by atoms with Gasteiger partial charge in [0.2, 0.25) is 0 Å². The summed E-state index contributed by atoms with van der Waals surface area (Å²) in [6, 6.07) is 17.4. The summed E-state index contributed by atoms with van der Waals surface area (Å²) in [6.07, 6.45) is 0. The van der Waals surface area contributed by atoms with Crippen LogP contribution in [-0.2, 0) is 6.54 Å². The Kier molecular flexibility index (Phi) is 3.26. The molecule has 0 saturated carbocycles. The van der Waals surface area contributed by atoms with Gasteiger partial charge in [-0.1, -0.05) is 43.3 Å². The highest BCUT2D eigenvalue weighted by Crippen LogP contribution is 2.29. The first-order chi connectivity index (χ1) is 9.31. The monoisotopic (exact) mass is 252 g/mol. The van der Waals surface area contributed by atoms with Crippen molar-refractivity contribution in [2.75, 3.05) is 13.6 Å². The van der Waals surface area contributed by atoms with E-state index in [1.165, 1.54) is 21.8 Å². The van der Waals surface area contributed by atoms with Crippen LogP contribution in [0, 0.1) is 5.92 Å². The van der Waals surface area contributed by atoms with Gasteiger partial charge in [-0.2, -0.15) is 0 Å². The SMILES string of the molecule is CNCC(C)Cn1c2ccccc2c2ccccc21. The Morgan fingerprint density at radius 2 is 1.47 bits per heavy atom. The zero-order chi connectivity index (χ0) is 13.2. The van der Waals surface area contributed by atoms with Crippen molar-refractivity contribution in [2.45, 2.75) is 13.5 Å². The van der Waals surface area contributed by atoms with Crippen LogP contribution in [0.1, 0.15) is 6.92 Å². The van der Waals surface area contributed by atoms with Crippen LogP contribution in [0.5, 0.6) is 0 Å². The quantitative estimate of drug-likeness (QED) is 0.750. The van der Waals surface area contributed by atoms with Gasteiger partial charge in [0.1, 0.15) is 0 Å². The molecule has 0 radical (unpaired) electrons. The number of nitrogens with one attached hydrogen (secondary N) is 1. The molecule has 2 heteroatoms. The zero-order valence-corrected chi connectivity index (χ0v) is 11.6. The van der Waals surface area contributed by atoms with E-state index in [4.69, 9.17) is 0 Å². The molecule has 0 amide bonds. The number of para-hydroxylation sites is 2. The van der Waals surface area contributed by atoms with Crippen LogP contribution in [0.3, 0.4) is 0 Å². The maximum Gasteiger partial charge on any atom is 0.0491 e. The minimum absolute atomic E-state index is 0.615. The van der Waals surface area contributed by atoms with E-state index < -0.39 is 0 Å². The van der Waals surface area contributed by atoms with E-state index in [1.807, 2.05) is 7.05 Å². The average Bonchev–Trinajstić information content (AvgIpc) is 2.75.